The van der Waals surface area contributed by atoms with E-state index in [0.717, 1.165) is 46.6 Å². The fraction of sp³-hybridized carbons (Fsp3) is 0.242. The van der Waals surface area contributed by atoms with Crippen LogP contribution >= 0.6 is 0 Å². The number of nitrogens with one attached hydrogen (secondary N) is 2. The van der Waals surface area contributed by atoms with Crippen molar-refractivity contribution in [2.45, 2.75) is 51.9 Å². The minimum absolute atomic E-state index is 0.212. The molecule has 0 radical (unpaired) electrons. The summed E-state index contributed by atoms with van der Waals surface area (Å²) in [6, 6.07) is 27.2. The molecule has 1 aliphatic rings. The maximum atomic E-state index is 13.5. The molecule has 5 rings (SSSR count). The molecule has 1 heterocycles. The van der Waals surface area contributed by atoms with Crippen molar-refractivity contribution < 1.29 is 14.0 Å². The fourth-order valence-electron chi connectivity index (χ4n) is 5.11. The van der Waals surface area contributed by atoms with Crippen LogP contribution in [0.4, 0.5) is 5.69 Å². The standard InChI is InChI=1S/C33H33N3O3/c1-21(2)23-17-19-26(20-18-23)34-33(38)31-22(3)29-27(15-10-16-28(29)39-31)35-36-32(37)30(24-11-6-4-7-12-24)25-13-8-5-9-14-25/h4-9,11-14,17-21,30H,10,15-16H2,1-3H3,(H,34,38)(H,36,37)/b35-27+. The number of benzene rings is 3. The molecule has 4 aromatic rings. The Kier molecular flexibility index (Phi) is 7.73. The molecule has 3 aromatic carbocycles. The number of anilines is 1. The summed E-state index contributed by atoms with van der Waals surface area (Å²) < 4.78 is 6.05. The van der Waals surface area contributed by atoms with Crippen LogP contribution in [0.15, 0.2) is 94.4 Å². The van der Waals surface area contributed by atoms with Crippen LogP contribution in [-0.2, 0) is 11.2 Å². The van der Waals surface area contributed by atoms with Crippen molar-refractivity contribution >= 4 is 23.2 Å². The van der Waals surface area contributed by atoms with Crippen LogP contribution in [0.2, 0.25) is 0 Å². The Morgan fingerprint density at radius 3 is 2.03 bits per heavy atom. The van der Waals surface area contributed by atoms with Gasteiger partial charge < -0.3 is 9.73 Å². The Bertz CT molecular complexity index is 1450. The van der Waals surface area contributed by atoms with Gasteiger partial charge >= 0.3 is 0 Å². The van der Waals surface area contributed by atoms with Crippen molar-refractivity contribution in [1.29, 1.82) is 0 Å². The summed E-state index contributed by atoms with van der Waals surface area (Å²) in [4.78, 5) is 26.6. The summed E-state index contributed by atoms with van der Waals surface area (Å²) in [5.41, 5.74) is 8.81. The van der Waals surface area contributed by atoms with Crippen LogP contribution in [0.25, 0.3) is 0 Å². The zero-order valence-electron chi connectivity index (χ0n) is 22.5. The third-order valence-corrected chi connectivity index (χ3v) is 7.20. The van der Waals surface area contributed by atoms with Gasteiger partial charge in [0.25, 0.3) is 11.8 Å². The molecule has 0 saturated heterocycles. The van der Waals surface area contributed by atoms with E-state index < -0.39 is 5.92 Å². The molecule has 39 heavy (non-hydrogen) atoms. The first-order valence-electron chi connectivity index (χ1n) is 13.4. The number of hydrazone groups is 1. The van der Waals surface area contributed by atoms with Crippen molar-refractivity contribution in [3.63, 3.8) is 0 Å². The van der Waals surface area contributed by atoms with E-state index in [9.17, 15) is 9.59 Å². The number of aryl methyl sites for hydroxylation is 1. The normalized spacial score (nSPS) is 13.9. The van der Waals surface area contributed by atoms with Crippen molar-refractivity contribution in [2.24, 2.45) is 5.10 Å². The summed E-state index contributed by atoms with van der Waals surface area (Å²) in [5, 5.41) is 7.51. The SMILES string of the molecule is Cc1c(C(=O)Nc2ccc(C(C)C)cc2)oc2c1/C(=N/NC(=O)C(c1ccccc1)c1ccccc1)CCC2. The van der Waals surface area contributed by atoms with Crippen LogP contribution in [0.5, 0.6) is 0 Å². The number of carbonyl (C=O) groups is 2. The molecule has 0 bridgehead atoms. The molecule has 2 N–H and O–H groups in total. The molecule has 0 saturated carbocycles. The highest BCUT2D eigenvalue weighted by molar-refractivity contribution is 6.09. The lowest BCUT2D eigenvalue weighted by atomic mass is 9.90. The second kappa shape index (κ2) is 11.5. The lowest BCUT2D eigenvalue weighted by Crippen LogP contribution is -2.28. The van der Waals surface area contributed by atoms with E-state index in [2.05, 4.69) is 29.7 Å². The number of fused-ring (bicyclic) bond motifs is 1. The predicted octanol–water partition coefficient (Wildman–Crippen LogP) is 6.95. The number of nitrogens with zero attached hydrogens (tertiary/aromatic N) is 1. The number of hydrogen-bond donors (Lipinski definition) is 2. The third kappa shape index (κ3) is 5.70. The van der Waals surface area contributed by atoms with Crippen LogP contribution in [0, 0.1) is 6.92 Å². The number of carbonyl (C=O) groups excluding carboxylic acids is 2. The van der Waals surface area contributed by atoms with Gasteiger partial charge in [-0.15, -0.1) is 0 Å². The second-order valence-corrected chi connectivity index (χ2v) is 10.2. The van der Waals surface area contributed by atoms with E-state index in [1.165, 1.54) is 5.56 Å². The minimum atomic E-state index is -0.492. The van der Waals surface area contributed by atoms with Gasteiger partial charge in [-0.2, -0.15) is 5.10 Å². The molecule has 6 heteroatoms. The van der Waals surface area contributed by atoms with E-state index in [1.54, 1.807) is 0 Å². The topological polar surface area (TPSA) is 83.7 Å². The molecule has 0 unspecified atom stereocenters. The third-order valence-electron chi connectivity index (χ3n) is 7.20. The number of hydrogen-bond acceptors (Lipinski definition) is 4. The lowest BCUT2D eigenvalue weighted by molar-refractivity contribution is -0.121. The molecule has 1 aromatic heterocycles. The zero-order valence-corrected chi connectivity index (χ0v) is 22.5. The number of rotatable bonds is 7. The Balaban J connectivity index is 1.38. The van der Waals surface area contributed by atoms with Gasteiger partial charge in [0.2, 0.25) is 0 Å². The van der Waals surface area contributed by atoms with Crippen LogP contribution in [-0.4, -0.2) is 17.5 Å². The summed E-state index contributed by atoms with van der Waals surface area (Å²) in [5.74, 6) is 0.429. The van der Waals surface area contributed by atoms with Crippen molar-refractivity contribution in [3.05, 3.63) is 124 Å². The van der Waals surface area contributed by atoms with E-state index in [4.69, 9.17) is 4.42 Å². The van der Waals surface area contributed by atoms with E-state index >= 15 is 0 Å². The fourth-order valence-corrected chi connectivity index (χ4v) is 5.11. The number of amides is 2. The zero-order chi connectivity index (χ0) is 27.4. The van der Waals surface area contributed by atoms with Gasteiger partial charge in [0, 0.05) is 23.2 Å². The second-order valence-electron chi connectivity index (χ2n) is 10.2. The maximum Gasteiger partial charge on any atom is 0.291 e. The largest absolute Gasteiger partial charge is 0.455 e. The Hall–Kier alpha value is -4.45. The van der Waals surface area contributed by atoms with Crippen LogP contribution in [0.3, 0.4) is 0 Å². The summed E-state index contributed by atoms with van der Waals surface area (Å²) in [6.07, 6.45) is 2.23. The van der Waals surface area contributed by atoms with Gasteiger partial charge in [-0.3, -0.25) is 9.59 Å². The predicted molar refractivity (Wildman–Crippen MR) is 154 cm³/mol. The lowest BCUT2D eigenvalue weighted by Gasteiger charge is -2.18. The first-order valence-corrected chi connectivity index (χ1v) is 13.4. The molecule has 2 amide bonds. The molecular weight excluding hydrogens is 486 g/mol. The monoisotopic (exact) mass is 519 g/mol. The van der Waals surface area contributed by atoms with Gasteiger partial charge in [0.15, 0.2) is 5.76 Å². The first kappa shape index (κ1) is 26.2. The highest BCUT2D eigenvalue weighted by Gasteiger charge is 2.29. The molecule has 198 valence electrons. The summed E-state index contributed by atoms with van der Waals surface area (Å²) in [7, 11) is 0. The summed E-state index contributed by atoms with van der Waals surface area (Å²) in [6.45, 7) is 6.14. The van der Waals surface area contributed by atoms with Crippen LogP contribution in [0.1, 0.15) is 82.7 Å². The Labute approximate surface area is 229 Å². The molecule has 0 aliphatic heterocycles. The smallest absolute Gasteiger partial charge is 0.291 e. The van der Waals surface area contributed by atoms with Crippen molar-refractivity contribution in [1.82, 2.24) is 5.43 Å². The molecule has 0 fully saturated rings. The van der Waals surface area contributed by atoms with E-state index in [-0.39, 0.29) is 17.6 Å². The average Bonchev–Trinajstić information content (AvgIpc) is 3.30. The van der Waals surface area contributed by atoms with Gasteiger partial charge in [0.1, 0.15) is 5.76 Å². The van der Waals surface area contributed by atoms with E-state index in [1.807, 2.05) is 91.9 Å². The van der Waals surface area contributed by atoms with Crippen molar-refractivity contribution in [2.75, 3.05) is 5.32 Å². The highest BCUT2D eigenvalue weighted by Crippen LogP contribution is 2.31. The van der Waals surface area contributed by atoms with Crippen LogP contribution < -0.4 is 10.7 Å². The molecule has 0 atom stereocenters. The Morgan fingerprint density at radius 2 is 1.44 bits per heavy atom. The number of furan rings is 1. The van der Waals surface area contributed by atoms with Gasteiger partial charge in [0.05, 0.1) is 11.6 Å². The molecular formula is C33H33N3O3. The molecule has 0 spiro atoms. The van der Waals surface area contributed by atoms with Gasteiger partial charge in [-0.05, 0) is 54.5 Å². The van der Waals surface area contributed by atoms with E-state index in [0.29, 0.717) is 18.0 Å². The van der Waals surface area contributed by atoms with Crippen molar-refractivity contribution in [3.8, 4) is 0 Å². The maximum absolute atomic E-state index is 13.5. The highest BCUT2D eigenvalue weighted by atomic mass is 16.4. The molecule has 1 aliphatic carbocycles. The quantitative estimate of drug-likeness (QED) is 0.259. The minimum Gasteiger partial charge on any atom is -0.455 e. The van der Waals surface area contributed by atoms with Gasteiger partial charge in [-0.1, -0.05) is 86.6 Å². The molecule has 6 nitrogen and oxygen atoms in total. The first-order chi connectivity index (χ1) is 18.9. The summed E-state index contributed by atoms with van der Waals surface area (Å²) >= 11 is 0. The van der Waals surface area contributed by atoms with Gasteiger partial charge in [-0.25, -0.2) is 5.43 Å². The average molecular weight is 520 g/mol. The Morgan fingerprint density at radius 1 is 0.821 bits per heavy atom.